The van der Waals surface area contributed by atoms with Crippen LogP contribution in [0.15, 0.2) is 30.5 Å². The largest absolute Gasteiger partial charge is 0.416 e. The summed E-state index contributed by atoms with van der Waals surface area (Å²) < 4.78 is 37.9. The number of carbonyl (C=O) groups excluding carboxylic acids is 1. The highest BCUT2D eigenvalue weighted by molar-refractivity contribution is 7.17. The van der Waals surface area contributed by atoms with Crippen molar-refractivity contribution in [3.63, 3.8) is 0 Å². The molecule has 3 aromatic rings. The van der Waals surface area contributed by atoms with Crippen molar-refractivity contribution in [2.24, 2.45) is 0 Å². The van der Waals surface area contributed by atoms with E-state index in [4.69, 9.17) is 0 Å². The van der Waals surface area contributed by atoms with E-state index >= 15 is 0 Å². The van der Waals surface area contributed by atoms with Crippen LogP contribution >= 0.6 is 22.7 Å². The van der Waals surface area contributed by atoms with Crippen molar-refractivity contribution >= 4 is 33.7 Å². The zero-order chi connectivity index (χ0) is 18.2. The first-order valence-corrected chi connectivity index (χ1v) is 8.76. The number of amides is 1. The maximum Gasteiger partial charge on any atom is 0.416 e. The first-order valence-electron chi connectivity index (χ1n) is 7.13. The number of aryl methyl sites for hydroxylation is 2. The van der Waals surface area contributed by atoms with E-state index in [0.717, 1.165) is 28.3 Å². The van der Waals surface area contributed by atoms with Gasteiger partial charge in [-0.15, -0.1) is 22.7 Å². The molecular weight excluding hydrogens is 371 g/mol. The second kappa shape index (κ2) is 6.57. The maximum absolute atomic E-state index is 12.6. The molecule has 4 nitrogen and oxygen atoms in total. The molecule has 0 atom stereocenters. The Morgan fingerprint density at radius 2 is 1.80 bits per heavy atom. The number of benzene rings is 1. The van der Waals surface area contributed by atoms with Crippen molar-refractivity contribution in [2.45, 2.75) is 20.0 Å². The second-order valence-corrected chi connectivity index (χ2v) is 7.47. The van der Waals surface area contributed by atoms with E-state index in [0.29, 0.717) is 26.3 Å². The summed E-state index contributed by atoms with van der Waals surface area (Å²) in [5.74, 6) is -0.331. The summed E-state index contributed by atoms with van der Waals surface area (Å²) >= 11 is 2.49. The minimum absolute atomic E-state index is 0.331. The smallest absolute Gasteiger partial charge is 0.297 e. The summed E-state index contributed by atoms with van der Waals surface area (Å²) in [5.41, 5.74) is 0.331. The maximum atomic E-state index is 12.6. The summed E-state index contributed by atoms with van der Waals surface area (Å²) in [5, 5.41) is 3.69. The van der Waals surface area contributed by atoms with Crippen LogP contribution in [0.4, 0.5) is 18.3 Å². The molecule has 9 heteroatoms. The predicted octanol–water partition coefficient (Wildman–Crippen LogP) is 5.15. The number of halogens is 3. The highest BCUT2D eigenvalue weighted by atomic mass is 32.1. The van der Waals surface area contributed by atoms with Crippen LogP contribution in [0.25, 0.3) is 10.6 Å². The van der Waals surface area contributed by atoms with Crippen LogP contribution in [-0.4, -0.2) is 15.9 Å². The lowest BCUT2D eigenvalue weighted by Crippen LogP contribution is -2.11. The minimum atomic E-state index is -4.38. The highest BCUT2D eigenvalue weighted by Gasteiger charge is 2.30. The number of anilines is 1. The molecule has 0 aliphatic rings. The molecule has 1 N–H and O–H groups in total. The van der Waals surface area contributed by atoms with Gasteiger partial charge in [0, 0.05) is 16.6 Å². The van der Waals surface area contributed by atoms with Gasteiger partial charge in [-0.3, -0.25) is 10.1 Å². The van der Waals surface area contributed by atoms with Gasteiger partial charge in [-0.25, -0.2) is 9.97 Å². The molecule has 0 radical (unpaired) electrons. The van der Waals surface area contributed by atoms with Crippen LogP contribution in [0.2, 0.25) is 0 Å². The lowest BCUT2D eigenvalue weighted by atomic mass is 10.1. The monoisotopic (exact) mass is 383 g/mol. The van der Waals surface area contributed by atoms with Gasteiger partial charge < -0.3 is 0 Å². The van der Waals surface area contributed by atoms with Gasteiger partial charge in [0.1, 0.15) is 9.88 Å². The molecule has 25 heavy (non-hydrogen) atoms. The number of rotatable bonds is 3. The summed E-state index contributed by atoms with van der Waals surface area (Å²) in [4.78, 5) is 22.1. The van der Waals surface area contributed by atoms with Gasteiger partial charge in [0.25, 0.3) is 5.91 Å². The number of alkyl halides is 3. The molecular formula is C16H12F3N3OS2. The normalized spacial score (nSPS) is 11.6. The molecule has 0 aliphatic carbocycles. The molecule has 2 aromatic heterocycles. The number of hydrogen-bond acceptors (Lipinski definition) is 5. The SMILES string of the molecule is Cc1cnc(NC(=O)c2sc(-c3ccc(C(F)(F)F)cc3)nc2C)s1. The van der Waals surface area contributed by atoms with E-state index in [1.54, 1.807) is 13.1 Å². The van der Waals surface area contributed by atoms with Crippen LogP contribution in [-0.2, 0) is 6.18 Å². The Bertz CT molecular complexity index is 914. The van der Waals surface area contributed by atoms with Crippen molar-refractivity contribution in [1.29, 1.82) is 0 Å². The van der Waals surface area contributed by atoms with E-state index < -0.39 is 11.7 Å². The molecule has 130 valence electrons. The molecule has 0 spiro atoms. The van der Waals surface area contributed by atoms with Crippen molar-refractivity contribution in [3.05, 3.63) is 51.5 Å². The van der Waals surface area contributed by atoms with E-state index in [9.17, 15) is 18.0 Å². The Morgan fingerprint density at radius 1 is 1.12 bits per heavy atom. The Labute approximate surface area is 149 Å². The Morgan fingerprint density at radius 3 is 2.36 bits per heavy atom. The van der Waals surface area contributed by atoms with Gasteiger partial charge in [0.15, 0.2) is 5.13 Å². The zero-order valence-corrected chi connectivity index (χ0v) is 14.8. The Hall–Kier alpha value is -2.26. The Kier molecular flexibility index (Phi) is 4.61. The number of nitrogens with one attached hydrogen (secondary N) is 1. The number of thiazole rings is 2. The van der Waals surface area contributed by atoms with Crippen molar-refractivity contribution < 1.29 is 18.0 Å². The van der Waals surface area contributed by atoms with Crippen LogP contribution in [0, 0.1) is 13.8 Å². The fourth-order valence-corrected chi connectivity index (χ4v) is 3.73. The summed E-state index contributed by atoms with van der Waals surface area (Å²) in [7, 11) is 0. The zero-order valence-electron chi connectivity index (χ0n) is 13.1. The van der Waals surface area contributed by atoms with Crippen molar-refractivity contribution in [1.82, 2.24) is 9.97 Å². The summed E-state index contributed by atoms with van der Waals surface area (Å²) in [6.07, 6.45) is -2.72. The summed E-state index contributed by atoms with van der Waals surface area (Å²) in [6.45, 7) is 3.57. The van der Waals surface area contributed by atoms with Gasteiger partial charge >= 0.3 is 6.18 Å². The lowest BCUT2D eigenvalue weighted by Gasteiger charge is -2.06. The number of aromatic nitrogens is 2. The third-order valence-electron chi connectivity index (χ3n) is 3.30. The van der Waals surface area contributed by atoms with Crippen LogP contribution in [0.1, 0.15) is 25.8 Å². The van der Waals surface area contributed by atoms with E-state index in [-0.39, 0.29) is 5.91 Å². The van der Waals surface area contributed by atoms with Crippen molar-refractivity contribution in [3.8, 4) is 10.6 Å². The van der Waals surface area contributed by atoms with E-state index in [2.05, 4.69) is 15.3 Å². The van der Waals surface area contributed by atoms with Crippen LogP contribution in [0.5, 0.6) is 0 Å². The molecule has 3 rings (SSSR count). The minimum Gasteiger partial charge on any atom is -0.297 e. The number of nitrogens with zero attached hydrogens (tertiary/aromatic N) is 2. The van der Waals surface area contributed by atoms with Gasteiger partial charge in [-0.1, -0.05) is 12.1 Å². The average molecular weight is 383 g/mol. The fourth-order valence-electron chi connectivity index (χ4n) is 2.10. The number of hydrogen-bond donors (Lipinski definition) is 1. The molecule has 0 saturated carbocycles. The van der Waals surface area contributed by atoms with Gasteiger partial charge in [-0.05, 0) is 26.0 Å². The first kappa shape index (κ1) is 17.6. The van der Waals surface area contributed by atoms with Crippen molar-refractivity contribution in [2.75, 3.05) is 5.32 Å². The molecule has 0 saturated heterocycles. The molecule has 1 aromatic carbocycles. The number of carbonyl (C=O) groups is 1. The van der Waals surface area contributed by atoms with E-state index in [1.807, 2.05) is 6.92 Å². The highest BCUT2D eigenvalue weighted by Crippen LogP contribution is 2.33. The Balaban J connectivity index is 1.83. The predicted molar refractivity (Wildman–Crippen MR) is 92.1 cm³/mol. The van der Waals surface area contributed by atoms with Crippen LogP contribution < -0.4 is 5.32 Å². The molecule has 0 bridgehead atoms. The van der Waals surface area contributed by atoms with Crippen LogP contribution in [0.3, 0.4) is 0 Å². The third-order valence-corrected chi connectivity index (χ3v) is 5.34. The topological polar surface area (TPSA) is 54.9 Å². The van der Waals surface area contributed by atoms with Gasteiger partial charge in [0.05, 0.1) is 11.3 Å². The molecule has 2 heterocycles. The lowest BCUT2D eigenvalue weighted by molar-refractivity contribution is -0.137. The molecule has 0 unspecified atom stereocenters. The third kappa shape index (κ3) is 3.88. The molecule has 0 aliphatic heterocycles. The fraction of sp³-hybridized carbons (Fsp3) is 0.188. The average Bonchev–Trinajstić information content (AvgIpc) is 3.12. The molecule has 1 amide bonds. The summed E-state index contributed by atoms with van der Waals surface area (Å²) in [6, 6.07) is 4.72. The first-order chi connectivity index (χ1) is 11.7. The second-order valence-electron chi connectivity index (χ2n) is 5.24. The van der Waals surface area contributed by atoms with Gasteiger partial charge in [0.2, 0.25) is 0 Å². The quantitative estimate of drug-likeness (QED) is 0.680. The van der Waals surface area contributed by atoms with E-state index in [1.165, 1.54) is 23.5 Å². The molecule has 0 fully saturated rings. The van der Waals surface area contributed by atoms with Gasteiger partial charge in [-0.2, -0.15) is 13.2 Å². The standard InChI is InChI=1S/C16H12F3N3OS2/c1-8-7-20-15(24-8)22-13(23)12-9(2)21-14(25-12)10-3-5-11(6-4-10)16(17,18)19/h3-7H,1-2H3,(H,20,22,23).